The van der Waals surface area contributed by atoms with Crippen LogP contribution in [0, 0.1) is 12.3 Å². The molecule has 2 heterocycles. The van der Waals surface area contributed by atoms with E-state index >= 15 is 0 Å². The van der Waals surface area contributed by atoms with E-state index in [0.29, 0.717) is 5.56 Å². The number of H-pyrrole nitrogens is 1. The van der Waals surface area contributed by atoms with Crippen LogP contribution >= 0.6 is 19.6 Å². The number of aryl methyl sites for hydroxylation is 1. The molecule has 5 unspecified atom stereocenters. The summed E-state index contributed by atoms with van der Waals surface area (Å²) in [5.41, 5.74) is 13.7. The summed E-state index contributed by atoms with van der Waals surface area (Å²) in [4.78, 5) is 52.5. The Hall–Kier alpha value is -3.14. The summed E-state index contributed by atoms with van der Waals surface area (Å²) in [6.07, 6.45) is -0.470. The molecule has 0 saturated carbocycles. The largest absolute Gasteiger partial charge is 1.00 e. The van der Waals surface area contributed by atoms with Gasteiger partial charge in [-0.2, -0.15) is 0 Å². The van der Waals surface area contributed by atoms with Gasteiger partial charge in [0.05, 0.1) is 25.4 Å². The number of thioether (sulfide) groups is 1. The number of nitrogens with two attached hydrogens (primary N) is 1. The van der Waals surface area contributed by atoms with E-state index in [9.17, 15) is 23.7 Å². The molecule has 1 aromatic heterocycles. The standard InChI is InChI=1S/C26H35N6O10PS.ClH/c1-15-13-32(25(37)29-22(15)33)21-12-19(30-31-28)20(41-21)14-40-43(38,39-9-10-44-24(36)26(2,3)4)42-17-7-5-16(6-8-17)11-18(27)23(34)35;/h5-8,13,18-21H,9-12,14,27H2,1-4H3,(H,34,35)(H,29,33,37);1H/p-1. The molecule has 0 bridgehead atoms. The number of aromatic amines is 1. The highest BCUT2D eigenvalue weighted by Gasteiger charge is 2.39. The van der Waals surface area contributed by atoms with E-state index in [1.54, 1.807) is 32.9 Å². The van der Waals surface area contributed by atoms with Gasteiger partial charge >= 0.3 is 19.5 Å². The number of phosphoric ester groups is 1. The van der Waals surface area contributed by atoms with Crippen LogP contribution in [0.5, 0.6) is 5.75 Å². The molecular formula is C26H35ClN6O10PS-. The molecule has 5 atom stereocenters. The number of benzene rings is 1. The average molecular weight is 690 g/mol. The zero-order chi connectivity index (χ0) is 32.7. The van der Waals surface area contributed by atoms with Gasteiger partial charge in [0.25, 0.3) is 5.56 Å². The fourth-order valence-corrected chi connectivity index (χ4v) is 6.05. The molecular weight excluding hydrogens is 655 g/mol. The van der Waals surface area contributed by atoms with Crippen molar-refractivity contribution in [2.45, 2.75) is 65.0 Å². The maximum absolute atomic E-state index is 13.8. The summed E-state index contributed by atoms with van der Waals surface area (Å²) in [7, 11) is -4.39. The molecule has 16 nitrogen and oxygen atoms in total. The third-order valence-corrected chi connectivity index (χ3v) is 8.99. The Bertz CT molecular complexity index is 1560. The second kappa shape index (κ2) is 16.4. The molecule has 3 rings (SSSR count). The Morgan fingerprint density at radius 1 is 1.29 bits per heavy atom. The minimum atomic E-state index is -4.39. The molecule has 1 aliphatic heterocycles. The number of nitrogens with zero attached hydrogens (tertiary/aromatic N) is 4. The topological polar surface area (TPSA) is 238 Å². The summed E-state index contributed by atoms with van der Waals surface area (Å²) in [5, 5.41) is 12.7. The number of azide groups is 1. The van der Waals surface area contributed by atoms with Crippen LogP contribution in [0.2, 0.25) is 0 Å². The Morgan fingerprint density at radius 3 is 2.56 bits per heavy atom. The van der Waals surface area contributed by atoms with Crippen LogP contribution in [0.4, 0.5) is 0 Å². The quantitative estimate of drug-likeness (QED) is 0.0798. The number of carboxylic acid groups (broad SMARTS) is 1. The average Bonchev–Trinajstić information content (AvgIpc) is 3.35. The number of carbonyl (C=O) groups excluding carboxylic acids is 1. The maximum atomic E-state index is 13.8. The maximum Gasteiger partial charge on any atom is 0.530 e. The molecule has 0 spiro atoms. The number of carbonyl (C=O) groups is 2. The molecule has 1 saturated heterocycles. The Kier molecular flexibility index (Phi) is 13.9. The Morgan fingerprint density at radius 2 is 1.96 bits per heavy atom. The van der Waals surface area contributed by atoms with Crippen LogP contribution in [-0.2, 0) is 34.4 Å². The lowest BCUT2D eigenvalue weighted by atomic mass is 10.00. The predicted octanol–water partition coefficient (Wildman–Crippen LogP) is 0.296. The SMILES string of the molecule is Cc1cn(C2CC(N=[N+]=[N-])C(COP(=O)(OCCSC(=O)C(C)(C)C)Oc3ccc(CC(N)C(=O)O)cc3)O2)c(=O)[nH]c1=O.[Cl-]. The van der Waals surface area contributed by atoms with E-state index < -0.39 is 61.5 Å². The van der Waals surface area contributed by atoms with Gasteiger partial charge in [0.15, 0.2) is 5.12 Å². The van der Waals surface area contributed by atoms with Crippen molar-refractivity contribution < 1.29 is 50.0 Å². The molecule has 0 amide bonds. The van der Waals surface area contributed by atoms with Crippen LogP contribution in [-0.4, -0.2) is 62.9 Å². The Balaban J connectivity index is 0.00000705. The number of nitrogens with one attached hydrogen (secondary N) is 1. The fourth-order valence-electron chi connectivity index (χ4n) is 3.94. The molecule has 2 aromatic rings. The van der Waals surface area contributed by atoms with E-state index in [0.717, 1.165) is 16.3 Å². The van der Waals surface area contributed by atoms with Crippen molar-refractivity contribution in [1.29, 1.82) is 0 Å². The van der Waals surface area contributed by atoms with Crippen LogP contribution in [0.3, 0.4) is 0 Å². The monoisotopic (exact) mass is 689 g/mol. The molecule has 0 radical (unpaired) electrons. The summed E-state index contributed by atoms with van der Waals surface area (Å²) < 4.78 is 37.6. The van der Waals surface area contributed by atoms with Gasteiger partial charge in [0, 0.05) is 34.3 Å². The number of rotatable bonds is 14. The van der Waals surface area contributed by atoms with Gasteiger partial charge in [-0.1, -0.05) is 49.8 Å². The second-order valence-corrected chi connectivity index (χ2v) is 13.6. The number of aromatic nitrogens is 2. The van der Waals surface area contributed by atoms with E-state index in [4.69, 9.17) is 34.7 Å². The molecule has 1 fully saturated rings. The van der Waals surface area contributed by atoms with Crippen molar-refractivity contribution in [2.75, 3.05) is 19.0 Å². The van der Waals surface area contributed by atoms with Gasteiger partial charge < -0.3 is 32.5 Å². The number of ether oxygens (including phenoxy) is 1. The fraction of sp³-hybridized carbons (Fsp3) is 0.538. The van der Waals surface area contributed by atoms with Crippen molar-refractivity contribution in [3.63, 3.8) is 0 Å². The van der Waals surface area contributed by atoms with Gasteiger partial charge in [0.1, 0.15) is 18.0 Å². The van der Waals surface area contributed by atoms with Crippen LogP contribution in [0.1, 0.15) is 44.5 Å². The second-order valence-electron chi connectivity index (χ2n) is 11.0. The Labute approximate surface area is 268 Å². The minimum absolute atomic E-state index is 0. The zero-order valence-electron chi connectivity index (χ0n) is 25.0. The molecule has 4 N–H and O–H groups in total. The number of aliphatic carboxylic acids is 1. The number of hydrogen-bond donors (Lipinski definition) is 3. The number of hydrogen-bond acceptors (Lipinski definition) is 12. The molecule has 45 heavy (non-hydrogen) atoms. The highest BCUT2D eigenvalue weighted by molar-refractivity contribution is 8.13. The van der Waals surface area contributed by atoms with E-state index in [1.165, 1.54) is 25.3 Å². The molecule has 0 aliphatic carbocycles. The minimum Gasteiger partial charge on any atom is -1.00 e. The van der Waals surface area contributed by atoms with Crippen LogP contribution in [0.15, 0.2) is 45.2 Å². The number of phosphoric acid groups is 1. The van der Waals surface area contributed by atoms with Gasteiger partial charge in [-0.05, 0) is 36.6 Å². The highest BCUT2D eigenvalue weighted by Crippen LogP contribution is 2.50. The summed E-state index contributed by atoms with van der Waals surface area (Å²) in [5.74, 6) is -0.932. The first-order chi connectivity index (χ1) is 20.6. The zero-order valence-corrected chi connectivity index (χ0v) is 27.4. The molecule has 248 valence electrons. The predicted molar refractivity (Wildman–Crippen MR) is 160 cm³/mol. The summed E-state index contributed by atoms with van der Waals surface area (Å²) in [6, 6.07) is 4.03. The van der Waals surface area contributed by atoms with Gasteiger partial charge in [-0.3, -0.25) is 33.0 Å². The third-order valence-electron chi connectivity index (χ3n) is 6.35. The van der Waals surface area contributed by atoms with Crippen molar-refractivity contribution in [2.24, 2.45) is 16.3 Å². The van der Waals surface area contributed by atoms with Crippen molar-refractivity contribution in [3.05, 3.63) is 72.9 Å². The first-order valence-electron chi connectivity index (χ1n) is 13.5. The lowest BCUT2D eigenvalue weighted by Gasteiger charge is -2.22. The summed E-state index contributed by atoms with van der Waals surface area (Å²) in [6.45, 7) is 6.20. The number of carboxylic acids is 1. The van der Waals surface area contributed by atoms with Gasteiger partial charge in [-0.25, -0.2) is 9.36 Å². The summed E-state index contributed by atoms with van der Waals surface area (Å²) >= 11 is 0.999. The van der Waals surface area contributed by atoms with Crippen molar-refractivity contribution >= 4 is 30.7 Å². The highest BCUT2D eigenvalue weighted by atomic mass is 35.5. The smallest absolute Gasteiger partial charge is 0.530 e. The first-order valence-corrected chi connectivity index (χ1v) is 15.9. The van der Waals surface area contributed by atoms with E-state index in [-0.39, 0.29) is 54.0 Å². The lowest BCUT2D eigenvalue weighted by Crippen LogP contribution is -3.00. The molecule has 19 heteroatoms. The van der Waals surface area contributed by atoms with Crippen molar-refractivity contribution in [1.82, 2.24) is 9.55 Å². The normalized spacial score (nSPS) is 19.9. The van der Waals surface area contributed by atoms with Gasteiger partial charge in [0.2, 0.25) is 0 Å². The van der Waals surface area contributed by atoms with Crippen molar-refractivity contribution in [3.8, 4) is 5.75 Å². The lowest BCUT2D eigenvalue weighted by molar-refractivity contribution is -0.138. The van der Waals surface area contributed by atoms with E-state index in [1.807, 2.05) is 0 Å². The molecule has 1 aromatic carbocycles. The van der Waals surface area contributed by atoms with Gasteiger partial charge in [-0.15, -0.1) is 0 Å². The third kappa shape index (κ3) is 11.0. The molecule has 1 aliphatic rings. The van der Waals surface area contributed by atoms with E-state index in [2.05, 4.69) is 15.0 Å². The van der Waals surface area contributed by atoms with Crippen LogP contribution < -0.4 is 33.9 Å². The van der Waals surface area contributed by atoms with Crippen LogP contribution in [0.25, 0.3) is 10.4 Å². The number of halogens is 1. The first kappa shape index (κ1) is 38.0.